The van der Waals surface area contributed by atoms with Gasteiger partial charge in [-0.2, -0.15) is 0 Å². The first-order chi connectivity index (χ1) is 14.1. The fraction of sp³-hybridized carbons (Fsp3) is 0.565. The molecule has 7 heteroatoms. The van der Waals surface area contributed by atoms with E-state index in [4.69, 9.17) is 27.2 Å². The van der Waals surface area contributed by atoms with E-state index < -0.39 is 17.4 Å². The summed E-state index contributed by atoms with van der Waals surface area (Å²) in [5.74, 6) is -0.373. The van der Waals surface area contributed by atoms with Gasteiger partial charge in [0.1, 0.15) is 17.9 Å². The van der Waals surface area contributed by atoms with Crippen LogP contribution >= 0.6 is 23.4 Å². The largest absolute Gasteiger partial charge is 0.489 e. The van der Waals surface area contributed by atoms with Crippen molar-refractivity contribution >= 4 is 34.4 Å². The maximum atomic E-state index is 13.2. The summed E-state index contributed by atoms with van der Waals surface area (Å²) in [7, 11) is 0. The SMILES string of the molecule is C=C1C(CC(N)C(=O)O)C1SC(=O)C(C)(C)C(CCCCC)Oc1ccc(Cl)cc1. The molecule has 1 aromatic rings. The Morgan fingerprint density at radius 3 is 2.50 bits per heavy atom. The molecule has 4 unspecified atom stereocenters. The summed E-state index contributed by atoms with van der Waals surface area (Å²) < 4.78 is 6.24. The number of benzene rings is 1. The molecule has 0 bridgehead atoms. The lowest BCUT2D eigenvalue weighted by Gasteiger charge is -2.33. The maximum Gasteiger partial charge on any atom is 0.320 e. The zero-order chi connectivity index (χ0) is 22.5. The van der Waals surface area contributed by atoms with Gasteiger partial charge in [-0.05, 0) is 63.3 Å². The molecule has 5 nitrogen and oxygen atoms in total. The van der Waals surface area contributed by atoms with Crippen LogP contribution in [-0.4, -0.2) is 33.6 Å². The number of halogens is 1. The summed E-state index contributed by atoms with van der Waals surface area (Å²) in [5.41, 5.74) is 5.82. The summed E-state index contributed by atoms with van der Waals surface area (Å²) in [4.78, 5) is 24.2. The molecule has 0 aliphatic heterocycles. The van der Waals surface area contributed by atoms with Crippen LogP contribution in [0.15, 0.2) is 36.4 Å². The van der Waals surface area contributed by atoms with Gasteiger partial charge in [0.25, 0.3) is 0 Å². The van der Waals surface area contributed by atoms with E-state index in [9.17, 15) is 9.59 Å². The molecule has 30 heavy (non-hydrogen) atoms. The number of carbonyl (C=O) groups excluding carboxylic acids is 1. The third-order valence-corrected chi connectivity index (χ3v) is 7.53. The molecule has 0 heterocycles. The van der Waals surface area contributed by atoms with E-state index in [1.54, 1.807) is 12.1 Å². The molecule has 0 spiro atoms. The van der Waals surface area contributed by atoms with Crippen LogP contribution in [0.25, 0.3) is 0 Å². The molecule has 1 fully saturated rings. The molecule has 4 atom stereocenters. The van der Waals surface area contributed by atoms with E-state index in [2.05, 4.69) is 13.5 Å². The van der Waals surface area contributed by atoms with Gasteiger partial charge < -0.3 is 15.6 Å². The Morgan fingerprint density at radius 2 is 1.93 bits per heavy atom. The molecular weight excluding hydrogens is 422 g/mol. The van der Waals surface area contributed by atoms with Crippen LogP contribution in [0.5, 0.6) is 5.75 Å². The van der Waals surface area contributed by atoms with E-state index in [0.717, 1.165) is 31.3 Å². The fourth-order valence-electron chi connectivity index (χ4n) is 3.38. The Labute approximate surface area is 188 Å². The smallest absolute Gasteiger partial charge is 0.320 e. The average molecular weight is 454 g/mol. The van der Waals surface area contributed by atoms with Crippen LogP contribution in [0.4, 0.5) is 0 Å². The van der Waals surface area contributed by atoms with Crippen molar-refractivity contribution in [2.24, 2.45) is 17.1 Å². The zero-order valence-corrected chi connectivity index (χ0v) is 19.5. The second-order valence-electron chi connectivity index (χ2n) is 8.47. The molecule has 1 aromatic carbocycles. The van der Waals surface area contributed by atoms with Crippen molar-refractivity contribution in [1.82, 2.24) is 0 Å². The van der Waals surface area contributed by atoms with Crippen LogP contribution in [-0.2, 0) is 9.59 Å². The minimum Gasteiger partial charge on any atom is -0.489 e. The van der Waals surface area contributed by atoms with Crippen molar-refractivity contribution in [1.29, 1.82) is 0 Å². The van der Waals surface area contributed by atoms with Crippen molar-refractivity contribution in [3.8, 4) is 5.75 Å². The second kappa shape index (κ2) is 10.7. The normalized spacial score (nSPS) is 20.5. The highest BCUT2D eigenvalue weighted by atomic mass is 35.5. The predicted octanol–water partition coefficient (Wildman–Crippen LogP) is 5.31. The van der Waals surface area contributed by atoms with Gasteiger partial charge in [-0.25, -0.2) is 0 Å². The summed E-state index contributed by atoms with van der Waals surface area (Å²) in [5, 5.41) is 9.60. The molecular formula is C23H32ClNO4S. The lowest BCUT2D eigenvalue weighted by Crippen LogP contribution is -2.40. The highest BCUT2D eigenvalue weighted by molar-refractivity contribution is 8.14. The lowest BCUT2D eigenvalue weighted by atomic mass is 9.84. The third kappa shape index (κ3) is 6.50. The minimum absolute atomic E-state index is 0.0236. The van der Waals surface area contributed by atoms with Gasteiger partial charge in [-0.3, -0.25) is 9.59 Å². The Bertz CT molecular complexity index is 765. The molecule has 0 aromatic heterocycles. The third-order valence-electron chi connectivity index (χ3n) is 5.65. The number of aliphatic carboxylic acids is 1. The van der Waals surface area contributed by atoms with E-state index >= 15 is 0 Å². The molecule has 1 saturated carbocycles. The topological polar surface area (TPSA) is 89.6 Å². The molecule has 0 radical (unpaired) electrons. The first kappa shape index (κ1) is 24.8. The monoisotopic (exact) mass is 453 g/mol. The number of thioether (sulfide) groups is 1. The maximum absolute atomic E-state index is 13.2. The van der Waals surface area contributed by atoms with E-state index in [1.807, 2.05) is 26.0 Å². The summed E-state index contributed by atoms with van der Waals surface area (Å²) in [6.07, 6.45) is 3.94. The quantitative estimate of drug-likeness (QED) is 0.329. The second-order valence-corrected chi connectivity index (χ2v) is 10.0. The number of rotatable bonds is 12. The number of nitrogens with two attached hydrogens (primary N) is 1. The van der Waals surface area contributed by atoms with Gasteiger partial charge in [0.2, 0.25) is 0 Å². The van der Waals surface area contributed by atoms with Crippen molar-refractivity contribution in [2.45, 2.75) is 70.3 Å². The van der Waals surface area contributed by atoms with Crippen LogP contribution in [0, 0.1) is 11.3 Å². The number of ether oxygens (including phenoxy) is 1. The van der Waals surface area contributed by atoms with Gasteiger partial charge in [0.05, 0.1) is 5.41 Å². The van der Waals surface area contributed by atoms with E-state index in [1.165, 1.54) is 11.8 Å². The molecule has 2 rings (SSSR count). The Kier molecular flexibility index (Phi) is 8.83. The highest BCUT2D eigenvalue weighted by Crippen LogP contribution is 2.51. The van der Waals surface area contributed by atoms with Crippen molar-refractivity contribution in [3.05, 3.63) is 41.4 Å². The van der Waals surface area contributed by atoms with Crippen molar-refractivity contribution < 1.29 is 19.4 Å². The van der Waals surface area contributed by atoms with E-state index in [-0.39, 0.29) is 22.4 Å². The van der Waals surface area contributed by atoms with Gasteiger partial charge in [0.15, 0.2) is 5.12 Å². The molecule has 0 amide bonds. The minimum atomic E-state index is -1.03. The number of unbranched alkanes of at least 4 members (excludes halogenated alkanes) is 2. The lowest BCUT2D eigenvalue weighted by molar-refractivity contribution is -0.138. The number of carboxylic acids is 1. The highest BCUT2D eigenvalue weighted by Gasteiger charge is 2.49. The van der Waals surface area contributed by atoms with Crippen LogP contribution in [0.2, 0.25) is 5.02 Å². The van der Waals surface area contributed by atoms with Gasteiger partial charge in [-0.15, -0.1) is 0 Å². The molecule has 1 aliphatic carbocycles. The number of hydrogen-bond donors (Lipinski definition) is 2. The first-order valence-electron chi connectivity index (χ1n) is 10.4. The van der Waals surface area contributed by atoms with Gasteiger partial charge in [0, 0.05) is 10.3 Å². The number of carboxylic acid groups (broad SMARTS) is 1. The zero-order valence-electron chi connectivity index (χ0n) is 17.9. The summed E-state index contributed by atoms with van der Waals surface area (Å²) >= 11 is 7.21. The van der Waals surface area contributed by atoms with Crippen molar-refractivity contribution in [2.75, 3.05) is 0 Å². The van der Waals surface area contributed by atoms with Crippen LogP contribution in [0.3, 0.4) is 0 Å². The van der Waals surface area contributed by atoms with Crippen LogP contribution in [0.1, 0.15) is 52.9 Å². The summed E-state index contributed by atoms with van der Waals surface area (Å²) in [6, 6.07) is 6.24. The predicted molar refractivity (Wildman–Crippen MR) is 123 cm³/mol. The van der Waals surface area contributed by atoms with E-state index in [0.29, 0.717) is 17.2 Å². The Balaban J connectivity index is 2.06. The molecule has 166 valence electrons. The average Bonchev–Trinajstić information content (AvgIpc) is 3.29. The number of hydrogen-bond acceptors (Lipinski definition) is 5. The molecule has 3 N–H and O–H groups in total. The Morgan fingerprint density at radius 1 is 1.30 bits per heavy atom. The van der Waals surface area contributed by atoms with Gasteiger partial charge >= 0.3 is 5.97 Å². The summed E-state index contributed by atoms with van der Waals surface area (Å²) in [6.45, 7) is 9.96. The molecule has 1 aliphatic rings. The van der Waals surface area contributed by atoms with Crippen molar-refractivity contribution in [3.63, 3.8) is 0 Å². The standard InChI is InChI=1S/C23H32ClNO4S/c1-5-6-7-8-19(29-16-11-9-15(24)10-12-16)23(3,4)22(28)30-20-14(2)17(20)13-18(25)21(26)27/h9-12,17-20H,2,5-8,13,25H2,1,3-4H3,(H,26,27). The molecule has 0 saturated heterocycles. The first-order valence-corrected chi connectivity index (χ1v) is 11.6. The number of carbonyl (C=O) groups is 2. The fourth-order valence-corrected chi connectivity index (χ4v) is 4.87. The Hall–Kier alpha value is -1.50. The van der Waals surface area contributed by atoms with Crippen LogP contribution < -0.4 is 10.5 Å². The van der Waals surface area contributed by atoms with Gasteiger partial charge in [-0.1, -0.05) is 55.3 Å².